The summed E-state index contributed by atoms with van der Waals surface area (Å²) < 4.78 is 6.10. The lowest BCUT2D eigenvalue weighted by molar-refractivity contribution is 0.0386. The predicted molar refractivity (Wildman–Crippen MR) is 90.7 cm³/mol. The molecule has 2 aliphatic carbocycles. The maximum Gasteiger partial charge on any atom is 0.0643 e. The Morgan fingerprint density at radius 1 is 0.818 bits per heavy atom. The van der Waals surface area contributed by atoms with Gasteiger partial charge in [0.05, 0.1) is 12.7 Å². The fraction of sp³-hybridized carbons (Fsp3) is 0.333. The van der Waals surface area contributed by atoms with E-state index in [1.807, 2.05) is 0 Å². The first kappa shape index (κ1) is 13.8. The van der Waals surface area contributed by atoms with Crippen LogP contribution >= 0.6 is 0 Å². The number of ether oxygens (including phenoxy) is 1. The molecule has 22 heavy (non-hydrogen) atoms. The lowest BCUT2D eigenvalue weighted by atomic mass is 10.0. The molecule has 1 fully saturated rings. The number of hydrogen-bond acceptors (Lipinski definition) is 1. The molecule has 1 heteroatoms. The lowest BCUT2D eigenvalue weighted by Crippen LogP contribution is -2.19. The van der Waals surface area contributed by atoms with E-state index in [9.17, 15) is 0 Å². The van der Waals surface area contributed by atoms with E-state index in [1.165, 1.54) is 29.5 Å². The van der Waals surface area contributed by atoms with Crippen LogP contribution < -0.4 is 0 Å². The van der Waals surface area contributed by atoms with Gasteiger partial charge >= 0.3 is 0 Å². The molecule has 112 valence electrons. The van der Waals surface area contributed by atoms with E-state index in [1.54, 1.807) is 0 Å². The predicted octanol–water partition coefficient (Wildman–Crippen LogP) is 4.88. The van der Waals surface area contributed by atoms with Gasteiger partial charge in [0.2, 0.25) is 0 Å². The molecule has 0 radical (unpaired) electrons. The maximum absolute atomic E-state index is 6.10. The van der Waals surface area contributed by atoms with Gasteiger partial charge in [-0.15, -0.1) is 0 Å². The fourth-order valence-corrected chi connectivity index (χ4v) is 3.74. The molecule has 0 spiro atoms. The summed E-state index contributed by atoms with van der Waals surface area (Å²) in [6.07, 6.45) is 8.75. The van der Waals surface area contributed by atoms with Crippen LogP contribution in [0.15, 0.2) is 66.7 Å². The van der Waals surface area contributed by atoms with Gasteiger partial charge in [0.15, 0.2) is 0 Å². The zero-order valence-corrected chi connectivity index (χ0v) is 12.8. The Kier molecular flexibility index (Phi) is 3.82. The highest BCUT2D eigenvalue weighted by atomic mass is 16.5. The van der Waals surface area contributed by atoms with Crippen LogP contribution in [0.5, 0.6) is 0 Å². The van der Waals surface area contributed by atoms with Crippen molar-refractivity contribution < 1.29 is 4.74 Å². The van der Waals surface area contributed by atoms with Gasteiger partial charge in [0.25, 0.3) is 0 Å². The van der Waals surface area contributed by atoms with Crippen LogP contribution in [0.2, 0.25) is 0 Å². The number of benzene rings is 2. The third-order valence-corrected chi connectivity index (χ3v) is 5.00. The van der Waals surface area contributed by atoms with Crippen molar-refractivity contribution in [2.24, 2.45) is 11.8 Å². The van der Waals surface area contributed by atoms with E-state index in [-0.39, 0.29) is 0 Å². The van der Waals surface area contributed by atoms with Crippen molar-refractivity contribution in [3.63, 3.8) is 0 Å². The van der Waals surface area contributed by atoms with Gasteiger partial charge in [-0.2, -0.15) is 0 Å². The number of rotatable bonds is 5. The summed E-state index contributed by atoms with van der Waals surface area (Å²) in [5, 5.41) is 0. The number of allylic oxidation sites excluding steroid dienone is 1. The fourth-order valence-electron chi connectivity index (χ4n) is 3.74. The molecule has 0 saturated heterocycles. The Balaban J connectivity index is 1.31. The van der Waals surface area contributed by atoms with Gasteiger partial charge in [-0.3, -0.25) is 0 Å². The Morgan fingerprint density at radius 3 is 2.27 bits per heavy atom. The van der Waals surface area contributed by atoms with E-state index in [4.69, 9.17) is 4.74 Å². The van der Waals surface area contributed by atoms with Crippen molar-refractivity contribution in [1.82, 2.24) is 0 Å². The van der Waals surface area contributed by atoms with Crippen LogP contribution in [-0.4, -0.2) is 12.7 Å². The average molecular weight is 290 g/mol. The normalized spacial score (nSPS) is 25.7. The molecule has 1 nitrogen and oxygen atoms in total. The molecule has 0 amide bonds. The molecule has 2 aromatic carbocycles. The summed E-state index contributed by atoms with van der Waals surface area (Å²) in [7, 11) is 0. The monoisotopic (exact) mass is 290 g/mol. The summed E-state index contributed by atoms with van der Waals surface area (Å²) in [4.78, 5) is 0. The second-order valence-electron chi connectivity index (χ2n) is 6.50. The molecule has 2 aromatic rings. The molecule has 1 saturated carbocycles. The van der Waals surface area contributed by atoms with Crippen LogP contribution in [-0.2, 0) is 11.2 Å². The Labute approximate surface area is 132 Å². The largest absolute Gasteiger partial charge is 0.377 e. The second kappa shape index (κ2) is 6.10. The van der Waals surface area contributed by atoms with Crippen molar-refractivity contribution in [2.45, 2.75) is 25.4 Å². The molecule has 0 heterocycles. The standard InChI is InChI=1S/C21H22O/c1-2-4-18(5-3-1)19-9-6-16(7-10-19)12-13-22-21-15-17-8-11-20(21)14-17/h1-11,17,20-21H,12-15H2. The Hall–Kier alpha value is -1.86. The molecule has 3 atom stereocenters. The summed E-state index contributed by atoms with van der Waals surface area (Å²) in [5.41, 5.74) is 3.92. The summed E-state index contributed by atoms with van der Waals surface area (Å²) in [6, 6.07) is 19.4. The second-order valence-corrected chi connectivity index (χ2v) is 6.50. The van der Waals surface area contributed by atoms with Crippen LogP contribution in [0.4, 0.5) is 0 Å². The van der Waals surface area contributed by atoms with E-state index < -0.39 is 0 Å². The third kappa shape index (κ3) is 2.86. The van der Waals surface area contributed by atoms with Gasteiger partial charge in [-0.05, 0) is 41.9 Å². The van der Waals surface area contributed by atoms with E-state index in [0.29, 0.717) is 12.0 Å². The molecule has 0 aromatic heterocycles. The first-order valence-corrected chi connectivity index (χ1v) is 8.33. The maximum atomic E-state index is 6.10. The van der Waals surface area contributed by atoms with Crippen molar-refractivity contribution in [2.75, 3.05) is 6.61 Å². The molecule has 2 bridgehead atoms. The van der Waals surface area contributed by atoms with Crippen molar-refractivity contribution in [3.8, 4) is 11.1 Å². The lowest BCUT2D eigenvalue weighted by Gasteiger charge is -2.18. The molecule has 4 rings (SSSR count). The quantitative estimate of drug-likeness (QED) is 0.713. The summed E-state index contributed by atoms with van der Waals surface area (Å²) >= 11 is 0. The van der Waals surface area contributed by atoms with Crippen molar-refractivity contribution in [1.29, 1.82) is 0 Å². The minimum absolute atomic E-state index is 0.471. The third-order valence-electron chi connectivity index (χ3n) is 5.00. The zero-order valence-electron chi connectivity index (χ0n) is 12.8. The number of hydrogen-bond donors (Lipinski definition) is 0. The molecule has 0 aliphatic heterocycles. The summed E-state index contributed by atoms with van der Waals surface area (Å²) in [6.45, 7) is 0.840. The molecular weight excluding hydrogens is 268 g/mol. The molecule has 2 aliphatic rings. The van der Waals surface area contributed by atoms with Gasteiger partial charge in [0.1, 0.15) is 0 Å². The smallest absolute Gasteiger partial charge is 0.0643 e. The molecular formula is C21H22O. The van der Waals surface area contributed by atoms with Gasteiger partial charge in [0, 0.05) is 5.92 Å². The molecule has 0 N–H and O–H groups in total. The number of fused-ring (bicyclic) bond motifs is 2. The minimum Gasteiger partial charge on any atom is -0.377 e. The summed E-state index contributed by atoms with van der Waals surface area (Å²) in [5.74, 6) is 1.48. The topological polar surface area (TPSA) is 9.23 Å². The highest BCUT2D eigenvalue weighted by molar-refractivity contribution is 5.63. The highest BCUT2D eigenvalue weighted by Gasteiger charge is 2.35. The molecule has 3 unspecified atom stereocenters. The highest BCUT2D eigenvalue weighted by Crippen LogP contribution is 2.40. The van der Waals surface area contributed by atoms with Crippen LogP contribution in [0, 0.1) is 11.8 Å². The van der Waals surface area contributed by atoms with Crippen LogP contribution in [0.1, 0.15) is 18.4 Å². The van der Waals surface area contributed by atoms with E-state index >= 15 is 0 Å². The van der Waals surface area contributed by atoms with E-state index in [2.05, 4.69) is 66.7 Å². The van der Waals surface area contributed by atoms with Gasteiger partial charge < -0.3 is 4.74 Å². The first-order valence-electron chi connectivity index (χ1n) is 8.33. The van der Waals surface area contributed by atoms with Crippen LogP contribution in [0.3, 0.4) is 0 Å². The van der Waals surface area contributed by atoms with Crippen molar-refractivity contribution >= 4 is 0 Å². The van der Waals surface area contributed by atoms with Crippen molar-refractivity contribution in [3.05, 3.63) is 72.3 Å². The zero-order chi connectivity index (χ0) is 14.8. The van der Waals surface area contributed by atoms with Gasteiger partial charge in [-0.25, -0.2) is 0 Å². The first-order chi connectivity index (χ1) is 10.9. The Bertz CT molecular complexity index is 641. The average Bonchev–Trinajstić information content (AvgIpc) is 3.19. The minimum atomic E-state index is 0.471. The Morgan fingerprint density at radius 2 is 1.59 bits per heavy atom. The SMILES string of the molecule is C1=CC2CC1CC2OCCc1ccc(-c2ccccc2)cc1. The van der Waals surface area contributed by atoms with E-state index in [0.717, 1.165) is 18.9 Å². The van der Waals surface area contributed by atoms with Crippen LogP contribution in [0.25, 0.3) is 11.1 Å². The van der Waals surface area contributed by atoms with Gasteiger partial charge in [-0.1, -0.05) is 66.7 Å².